The number of carbonyl (C=O) groups excluding carboxylic acids is 3. The molecule has 1 aliphatic heterocycles. The Morgan fingerprint density at radius 3 is 2.43 bits per heavy atom. The van der Waals surface area contributed by atoms with Gasteiger partial charge in [-0.3, -0.25) is 19.3 Å². The molecule has 0 aromatic rings. The summed E-state index contributed by atoms with van der Waals surface area (Å²) in [7, 11) is 0. The Kier molecular flexibility index (Phi) is 6.21. The molecule has 3 amide bonds. The molecule has 0 spiro atoms. The first kappa shape index (κ1) is 16.0. The minimum Gasteiger partial charge on any atom is -0.356 e. The normalized spacial score (nSPS) is 20.1. The van der Waals surface area contributed by atoms with Gasteiger partial charge < -0.3 is 5.32 Å². The van der Waals surface area contributed by atoms with Crippen molar-refractivity contribution in [2.75, 3.05) is 13.1 Å². The molecule has 2 fully saturated rings. The van der Waals surface area contributed by atoms with Crippen molar-refractivity contribution in [1.82, 2.24) is 10.2 Å². The van der Waals surface area contributed by atoms with Crippen molar-refractivity contribution in [3.63, 3.8) is 0 Å². The fourth-order valence-corrected chi connectivity index (χ4v) is 3.27. The van der Waals surface area contributed by atoms with Crippen molar-refractivity contribution in [3.8, 4) is 0 Å². The number of rotatable bonds is 7. The second-order valence-electron chi connectivity index (χ2n) is 6.19. The van der Waals surface area contributed by atoms with Crippen LogP contribution in [0.4, 0.5) is 0 Å². The fraction of sp³-hybridized carbons (Fsp3) is 0.812. The van der Waals surface area contributed by atoms with Gasteiger partial charge in [-0.2, -0.15) is 0 Å². The number of carbonyl (C=O) groups is 3. The van der Waals surface area contributed by atoms with Crippen LogP contribution >= 0.6 is 0 Å². The molecule has 1 heterocycles. The van der Waals surface area contributed by atoms with Gasteiger partial charge in [0.1, 0.15) is 0 Å². The highest BCUT2D eigenvalue weighted by atomic mass is 16.2. The smallest absolute Gasteiger partial charge is 0.229 e. The van der Waals surface area contributed by atoms with E-state index < -0.39 is 0 Å². The van der Waals surface area contributed by atoms with Gasteiger partial charge in [-0.25, -0.2) is 0 Å². The molecule has 0 radical (unpaired) electrons. The molecule has 2 aliphatic rings. The first-order valence-corrected chi connectivity index (χ1v) is 8.26. The van der Waals surface area contributed by atoms with Gasteiger partial charge in [0.05, 0.1) is 0 Å². The molecule has 0 unspecified atom stereocenters. The summed E-state index contributed by atoms with van der Waals surface area (Å²) in [6.07, 6.45) is 9.80. The molecule has 1 saturated carbocycles. The summed E-state index contributed by atoms with van der Waals surface area (Å²) in [6.45, 7) is 0.934. The molecule has 21 heavy (non-hydrogen) atoms. The van der Waals surface area contributed by atoms with Crippen molar-refractivity contribution in [3.05, 3.63) is 0 Å². The van der Waals surface area contributed by atoms with E-state index in [1.807, 2.05) is 0 Å². The van der Waals surface area contributed by atoms with E-state index in [2.05, 4.69) is 5.32 Å². The molecule has 1 saturated heterocycles. The van der Waals surface area contributed by atoms with Gasteiger partial charge in [0.25, 0.3) is 0 Å². The zero-order valence-electron chi connectivity index (χ0n) is 12.7. The number of hydrogen-bond acceptors (Lipinski definition) is 3. The van der Waals surface area contributed by atoms with Gasteiger partial charge >= 0.3 is 0 Å². The maximum absolute atomic E-state index is 11.7. The third-order valence-electron chi connectivity index (χ3n) is 4.55. The fourth-order valence-electron chi connectivity index (χ4n) is 3.27. The molecule has 0 bridgehead atoms. The van der Waals surface area contributed by atoms with Crippen LogP contribution in [0.15, 0.2) is 0 Å². The minimum atomic E-state index is -0.148. The summed E-state index contributed by atoms with van der Waals surface area (Å²) in [4.78, 5) is 35.7. The van der Waals surface area contributed by atoms with Gasteiger partial charge in [-0.1, -0.05) is 32.1 Å². The van der Waals surface area contributed by atoms with Crippen molar-refractivity contribution < 1.29 is 14.4 Å². The van der Waals surface area contributed by atoms with Gasteiger partial charge in [0, 0.05) is 32.4 Å². The second-order valence-corrected chi connectivity index (χ2v) is 6.19. The lowest BCUT2D eigenvalue weighted by molar-refractivity contribution is -0.138. The van der Waals surface area contributed by atoms with E-state index in [-0.39, 0.29) is 30.7 Å². The number of imide groups is 1. The Morgan fingerprint density at radius 2 is 1.76 bits per heavy atom. The Balaban J connectivity index is 1.53. The van der Waals surface area contributed by atoms with E-state index in [1.165, 1.54) is 43.4 Å². The first-order valence-electron chi connectivity index (χ1n) is 8.26. The summed E-state index contributed by atoms with van der Waals surface area (Å²) in [5.41, 5.74) is 0. The van der Waals surface area contributed by atoms with E-state index in [0.717, 1.165) is 12.3 Å². The second kappa shape index (κ2) is 8.15. The highest BCUT2D eigenvalue weighted by Crippen LogP contribution is 2.26. The summed E-state index contributed by atoms with van der Waals surface area (Å²) in [5, 5.41) is 2.89. The Hall–Kier alpha value is -1.39. The van der Waals surface area contributed by atoms with E-state index in [1.54, 1.807) is 0 Å². The summed E-state index contributed by atoms with van der Waals surface area (Å²) >= 11 is 0. The molecule has 5 nitrogen and oxygen atoms in total. The topological polar surface area (TPSA) is 66.5 Å². The molecule has 0 atom stereocenters. The number of nitrogens with zero attached hydrogens (tertiary/aromatic N) is 1. The van der Waals surface area contributed by atoms with Crippen molar-refractivity contribution in [2.45, 2.75) is 64.2 Å². The van der Waals surface area contributed by atoms with Crippen molar-refractivity contribution >= 4 is 17.7 Å². The van der Waals surface area contributed by atoms with Gasteiger partial charge in [-0.15, -0.1) is 0 Å². The third-order valence-corrected chi connectivity index (χ3v) is 4.55. The van der Waals surface area contributed by atoms with Crippen molar-refractivity contribution in [1.29, 1.82) is 0 Å². The zero-order valence-corrected chi connectivity index (χ0v) is 12.7. The van der Waals surface area contributed by atoms with E-state index in [4.69, 9.17) is 0 Å². The highest BCUT2D eigenvalue weighted by molar-refractivity contribution is 6.02. The number of likely N-dealkylation sites (tertiary alicyclic amines) is 1. The van der Waals surface area contributed by atoms with Crippen LogP contribution < -0.4 is 5.32 Å². The molecule has 2 rings (SSSR count). The maximum atomic E-state index is 11.7. The lowest BCUT2D eigenvalue weighted by Gasteiger charge is -2.21. The standard InChI is InChI=1S/C16H26N2O3/c19-14(10-12-18-15(20)8-9-16(18)21)17-11-4-7-13-5-2-1-3-6-13/h13H,1-12H2,(H,17,19). The predicted molar refractivity (Wildman–Crippen MR) is 79.4 cm³/mol. The Bertz CT molecular complexity index is 373. The van der Waals surface area contributed by atoms with E-state index in [0.29, 0.717) is 19.4 Å². The van der Waals surface area contributed by atoms with Crippen LogP contribution in [-0.4, -0.2) is 35.7 Å². The molecule has 118 valence electrons. The van der Waals surface area contributed by atoms with Crippen LogP contribution in [-0.2, 0) is 14.4 Å². The van der Waals surface area contributed by atoms with Crippen LogP contribution in [0.25, 0.3) is 0 Å². The van der Waals surface area contributed by atoms with Crippen LogP contribution in [0.5, 0.6) is 0 Å². The molecular formula is C16H26N2O3. The summed E-state index contributed by atoms with van der Waals surface area (Å²) in [5.74, 6) is 0.483. The minimum absolute atomic E-state index is 0.0638. The average Bonchev–Trinajstić information content (AvgIpc) is 2.81. The molecule has 5 heteroatoms. The summed E-state index contributed by atoms with van der Waals surface area (Å²) in [6, 6.07) is 0. The van der Waals surface area contributed by atoms with Crippen LogP contribution in [0, 0.1) is 5.92 Å². The molecule has 1 aliphatic carbocycles. The molecular weight excluding hydrogens is 268 g/mol. The van der Waals surface area contributed by atoms with Gasteiger partial charge in [0.2, 0.25) is 17.7 Å². The largest absolute Gasteiger partial charge is 0.356 e. The molecule has 1 N–H and O–H groups in total. The van der Waals surface area contributed by atoms with E-state index in [9.17, 15) is 14.4 Å². The van der Waals surface area contributed by atoms with Crippen LogP contribution in [0.2, 0.25) is 0 Å². The number of hydrogen-bond donors (Lipinski definition) is 1. The van der Waals surface area contributed by atoms with Gasteiger partial charge in [0.15, 0.2) is 0 Å². The lowest BCUT2D eigenvalue weighted by atomic mass is 9.86. The Labute approximate surface area is 126 Å². The monoisotopic (exact) mass is 294 g/mol. The third kappa shape index (κ3) is 5.14. The SMILES string of the molecule is O=C(CCN1C(=O)CCC1=O)NCCCC1CCCCC1. The maximum Gasteiger partial charge on any atom is 0.229 e. The summed E-state index contributed by atoms with van der Waals surface area (Å²) < 4.78 is 0. The van der Waals surface area contributed by atoms with Crippen molar-refractivity contribution in [2.24, 2.45) is 5.92 Å². The highest BCUT2D eigenvalue weighted by Gasteiger charge is 2.28. The first-order chi connectivity index (χ1) is 10.2. The predicted octanol–water partition coefficient (Wildman–Crippen LogP) is 2.00. The number of amides is 3. The van der Waals surface area contributed by atoms with Crippen LogP contribution in [0.3, 0.4) is 0 Å². The van der Waals surface area contributed by atoms with Gasteiger partial charge in [-0.05, 0) is 18.8 Å². The van der Waals surface area contributed by atoms with Crippen LogP contribution in [0.1, 0.15) is 64.2 Å². The number of nitrogens with one attached hydrogen (secondary N) is 1. The lowest BCUT2D eigenvalue weighted by Crippen LogP contribution is -2.34. The quantitative estimate of drug-likeness (QED) is 0.577. The molecule has 0 aromatic carbocycles. The molecule has 0 aromatic heterocycles. The Morgan fingerprint density at radius 1 is 1.10 bits per heavy atom. The van der Waals surface area contributed by atoms with E-state index >= 15 is 0 Å². The average molecular weight is 294 g/mol. The zero-order chi connectivity index (χ0) is 15.1.